The van der Waals surface area contributed by atoms with E-state index in [4.69, 9.17) is 18.8 Å². The van der Waals surface area contributed by atoms with Gasteiger partial charge in [0.05, 0.1) is 6.54 Å². The van der Waals surface area contributed by atoms with Crippen LogP contribution in [0, 0.1) is 0 Å². The average molecular weight is 179 g/mol. The summed E-state index contributed by atoms with van der Waals surface area (Å²) in [7, 11) is -3.12. The van der Waals surface area contributed by atoms with Gasteiger partial charge in [0, 0.05) is 6.42 Å². The molecule has 0 amide bonds. The molecule has 0 spiro atoms. The van der Waals surface area contributed by atoms with E-state index < -0.39 is 7.91 Å². The van der Waals surface area contributed by atoms with Crippen molar-refractivity contribution in [2.75, 3.05) is 13.2 Å². The number of ether oxygens (including phenoxy) is 1. The summed E-state index contributed by atoms with van der Waals surface area (Å²) >= 11 is 0. The van der Waals surface area contributed by atoms with Crippen LogP contribution < -0.4 is 0 Å². The number of hydrogen-bond acceptors (Lipinski definition) is 4. The highest BCUT2D eigenvalue weighted by atomic mass is 31.1. The number of nitrogens with zero attached hydrogens (tertiary/aromatic N) is 1. The lowest BCUT2D eigenvalue weighted by atomic mass is 10.5. The van der Waals surface area contributed by atoms with Crippen molar-refractivity contribution < 1.29 is 18.8 Å². The molecular weight excluding hydrogens is 169 g/mol. The molecule has 0 fully saturated rings. The van der Waals surface area contributed by atoms with E-state index in [2.05, 4.69) is 4.99 Å². The zero-order chi connectivity index (χ0) is 8.69. The van der Waals surface area contributed by atoms with Crippen LogP contribution in [-0.2, 0) is 13.9 Å². The summed E-state index contributed by atoms with van der Waals surface area (Å²) in [6.45, 7) is 3.70. The Morgan fingerprint density at radius 3 is 2.45 bits per heavy atom. The second-order valence-electron chi connectivity index (χ2n) is 1.72. The fourth-order valence-corrected chi connectivity index (χ4v) is 0.593. The smallest absolute Gasteiger partial charge is 0.465 e. The third kappa shape index (κ3) is 7.22. The first-order valence-electron chi connectivity index (χ1n) is 3.16. The van der Waals surface area contributed by atoms with Crippen LogP contribution in [0.25, 0.3) is 0 Å². The summed E-state index contributed by atoms with van der Waals surface area (Å²) in [5, 5.41) is 0. The summed E-state index contributed by atoms with van der Waals surface area (Å²) in [6.07, 6.45) is 0.944. The van der Waals surface area contributed by atoms with Gasteiger partial charge in [-0.1, -0.05) is 6.92 Å². The molecule has 0 aromatic heterocycles. The number of aliphatic imine (C=N–C) groups is 1. The molecule has 0 radical (unpaired) electrons. The molecule has 6 heteroatoms. The van der Waals surface area contributed by atoms with Gasteiger partial charge in [-0.3, -0.25) is 9.89 Å². The molecule has 0 aromatic rings. The van der Waals surface area contributed by atoms with Crippen molar-refractivity contribution in [2.24, 2.45) is 4.99 Å². The standard InChI is InChI=1S/C5H9NO.HO3P/c1-2-5-6-3-4-7-5;1-4(2)3/h2-4H2,1H3;(H,1,2,3). The van der Waals surface area contributed by atoms with E-state index in [0.717, 1.165) is 25.5 Å². The van der Waals surface area contributed by atoms with E-state index >= 15 is 0 Å². The zero-order valence-electron chi connectivity index (χ0n) is 6.19. The van der Waals surface area contributed by atoms with E-state index in [1.807, 2.05) is 6.92 Å². The van der Waals surface area contributed by atoms with Gasteiger partial charge in [0.1, 0.15) is 6.61 Å². The Balaban J connectivity index is 0.000000218. The molecule has 1 N–H and O–H groups in total. The first-order chi connectivity index (χ1) is 5.16. The normalized spacial score (nSPS) is 14.2. The minimum Gasteiger partial charge on any atom is -0.479 e. The lowest BCUT2D eigenvalue weighted by molar-refractivity contribution is 0.340. The van der Waals surface area contributed by atoms with Crippen molar-refractivity contribution in [3.05, 3.63) is 0 Å². The van der Waals surface area contributed by atoms with Crippen LogP contribution in [0.2, 0.25) is 0 Å². The SMILES string of the molecule is CCC1=NCCO1.O=P(=O)O. The molecular formula is C5H10NO4P. The van der Waals surface area contributed by atoms with Gasteiger partial charge in [0.2, 0.25) is 0 Å². The van der Waals surface area contributed by atoms with Crippen molar-refractivity contribution >= 4 is 13.8 Å². The van der Waals surface area contributed by atoms with Gasteiger partial charge in [-0.05, 0) is 0 Å². The van der Waals surface area contributed by atoms with Crippen LogP contribution in [0.4, 0.5) is 0 Å². The molecule has 0 aromatic carbocycles. The van der Waals surface area contributed by atoms with E-state index in [-0.39, 0.29) is 0 Å². The fraction of sp³-hybridized carbons (Fsp3) is 0.800. The lowest BCUT2D eigenvalue weighted by Crippen LogP contribution is -1.94. The first-order valence-corrected chi connectivity index (χ1v) is 4.29. The molecule has 0 unspecified atom stereocenters. The van der Waals surface area contributed by atoms with Gasteiger partial charge >= 0.3 is 7.91 Å². The number of hydrogen-bond donors (Lipinski definition) is 1. The largest absolute Gasteiger partial charge is 0.479 e. The van der Waals surface area contributed by atoms with Gasteiger partial charge in [0.15, 0.2) is 5.90 Å². The van der Waals surface area contributed by atoms with Crippen molar-refractivity contribution in [3.63, 3.8) is 0 Å². The minimum absolute atomic E-state index is 0.795. The van der Waals surface area contributed by atoms with Crippen molar-refractivity contribution in [1.29, 1.82) is 0 Å². The van der Waals surface area contributed by atoms with Gasteiger partial charge in [-0.2, -0.15) is 0 Å². The molecule has 1 heterocycles. The van der Waals surface area contributed by atoms with Crippen LogP contribution in [0.1, 0.15) is 13.3 Å². The summed E-state index contributed by atoms with van der Waals surface area (Å²) in [5.41, 5.74) is 0. The van der Waals surface area contributed by atoms with Crippen LogP contribution in [0.15, 0.2) is 4.99 Å². The first kappa shape index (κ1) is 10.3. The second-order valence-corrected chi connectivity index (χ2v) is 2.19. The van der Waals surface area contributed by atoms with E-state index in [9.17, 15) is 0 Å². The van der Waals surface area contributed by atoms with Gasteiger partial charge in [0.25, 0.3) is 0 Å². The van der Waals surface area contributed by atoms with Crippen LogP contribution >= 0.6 is 7.91 Å². The molecule has 1 rings (SSSR count). The van der Waals surface area contributed by atoms with Crippen LogP contribution in [0.5, 0.6) is 0 Å². The average Bonchev–Trinajstić information content (AvgIpc) is 2.36. The second kappa shape index (κ2) is 6.07. The topological polar surface area (TPSA) is 76.0 Å². The summed E-state index contributed by atoms with van der Waals surface area (Å²) in [6, 6.07) is 0. The predicted octanol–water partition coefficient (Wildman–Crippen LogP) is 0.892. The Labute approximate surface area is 65.0 Å². The van der Waals surface area contributed by atoms with E-state index in [0.29, 0.717) is 0 Å². The maximum absolute atomic E-state index is 8.59. The van der Waals surface area contributed by atoms with Crippen LogP contribution in [0.3, 0.4) is 0 Å². The Morgan fingerprint density at radius 2 is 2.27 bits per heavy atom. The highest BCUT2D eigenvalue weighted by molar-refractivity contribution is 7.23. The maximum atomic E-state index is 8.59. The minimum atomic E-state index is -3.12. The van der Waals surface area contributed by atoms with E-state index in [1.165, 1.54) is 0 Å². The highest BCUT2D eigenvalue weighted by Crippen LogP contribution is 1.95. The third-order valence-electron chi connectivity index (χ3n) is 0.951. The van der Waals surface area contributed by atoms with Crippen molar-refractivity contribution in [3.8, 4) is 0 Å². The molecule has 0 atom stereocenters. The molecule has 64 valence electrons. The summed E-state index contributed by atoms with van der Waals surface area (Å²) in [5.74, 6) is 0.917. The summed E-state index contributed by atoms with van der Waals surface area (Å²) in [4.78, 5) is 11.1. The van der Waals surface area contributed by atoms with Gasteiger partial charge in [-0.25, -0.2) is 9.13 Å². The van der Waals surface area contributed by atoms with E-state index in [1.54, 1.807) is 0 Å². The van der Waals surface area contributed by atoms with Crippen molar-refractivity contribution in [2.45, 2.75) is 13.3 Å². The lowest BCUT2D eigenvalue weighted by Gasteiger charge is -1.91. The molecule has 0 bridgehead atoms. The Hall–Kier alpha value is -0.670. The Bertz CT molecular complexity index is 191. The van der Waals surface area contributed by atoms with Crippen molar-refractivity contribution in [1.82, 2.24) is 0 Å². The molecule has 1 aliphatic heterocycles. The molecule has 1 aliphatic rings. The maximum Gasteiger partial charge on any atom is 0.465 e. The van der Waals surface area contributed by atoms with Gasteiger partial charge in [-0.15, -0.1) is 0 Å². The third-order valence-corrected chi connectivity index (χ3v) is 0.951. The molecule has 11 heavy (non-hydrogen) atoms. The molecule has 0 saturated heterocycles. The monoisotopic (exact) mass is 179 g/mol. The van der Waals surface area contributed by atoms with Crippen LogP contribution in [-0.4, -0.2) is 23.9 Å². The van der Waals surface area contributed by atoms with Gasteiger partial charge < -0.3 is 4.74 Å². The Morgan fingerprint density at radius 1 is 1.73 bits per heavy atom. The predicted molar refractivity (Wildman–Crippen MR) is 39.1 cm³/mol. The molecule has 5 nitrogen and oxygen atoms in total. The Kier molecular flexibility index (Phi) is 5.70. The molecule has 0 aliphatic carbocycles. The fourth-order valence-electron chi connectivity index (χ4n) is 0.593. The quantitative estimate of drug-likeness (QED) is 0.606. The number of rotatable bonds is 1. The zero-order valence-corrected chi connectivity index (χ0v) is 7.08. The molecule has 0 saturated carbocycles. The summed E-state index contributed by atoms with van der Waals surface area (Å²) < 4.78 is 22.2. The highest BCUT2D eigenvalue weighted by Gasteiger charge is 2.01.